The number of benzene rings is 2. The zero-order chi connectivity index (χ0) is 15.2. The third-order valence-corrected chi connectivity index (χ3v) is 3.25. The number of nitrogens with zero attached hydrogens (tertiary/aromatic N) is 1. The summed E-state index contributed by atoms with van der Waals surface area (Å²) in [4.78, 5) is 25.1. The Balaban J connectivity index is 2.31. The number of amides is 1. The molecule has 1 unspecified atom stereocenters. The summed E-state index contributed by atoms with van der Waals surface area (Å²) < 4.78 is 5.22. The Bertz CT molecular complexity index is 613. The molecule has 0 radical (unpaired) electrons. The molecule has 1 amide bonds. The van der Waals surface area contributed by atoms with E-state index in [2.05, 4.69) is 0 Å². The van der Waals surface area contributed by atoms with Crippen LogP contribution in [0.3, 0.4) is 0 Å². The first-order valence-electron chi connectivity index (χ1n) is 6.28. The van der Waals surface area contributed by atoms with Crippen molar-refractivity contribution in [1.82, 2.24) is 0 Å². The fraction of sp³-hybridized carbons (Fsp3) is 0.125. The maximum Gasteiger partial charge on any atom is 0.216 e. The van der Waals surface area contributed by atoms with Gasteiger partial charge in [0.1, 0.15) is 0 Å². The van der Waals surface area contributed by atoms with E-state index < -0.39 is 6.23 Å². The smallest absolute Gasteiger partial charge is 0.216 e. The summed E-state index contributed by atoms with van der Waals surface area (Å²) in [6.45, 7) is 0. The van der Waals surface area contributed by atoms with E-state index in [-0.39, 0.29) is 5.78 Å². The Kier molecular flexibility index (Phi) is 5.09. The second-order valence-corrected chi connectivity index (χ2v) is 4.74. The van der Waals surface area contributed by atoms with Crippen LogP contribution in [0.1, 0.15) is 10.4 Å². The summed E-state index contributed by atoms with van der Waals surface area (Å²) >= 11 is 5.81. The maximum absolute atomic E-state index is 12.5. The van der Waals surface area contributed by atoms with Crippen molar-refractivity contribution in [3.8, 4) is 0 Å². The molecule has 2 rings (SSSR count). The number of ether oxygens (including phenoxy) is 1. The number of para-hydroxylation sites is 1. The van der Waals surface area contributed by atoms with Gasteiger partial charge in [0.15, 0.2) is 6.23 Å². The topological polar surface area (TPSA) is 46.6 Å². The molecule has 0 saturated carbocycles. The van der Waals surface area contributed by atoms with Gasteiger partial charge in [-0.3, -0.25) is 14.5 Å². The van der Waals surface area contributed by atoms with Crippen LogP contribution in [0, 0.1) is 0 Å². The SMILES string of the molecule is COC(C(=O)c1ccc(Cl)cc1)N(C=O)c1ccccc1. The van der Waals surface area contributed by atoms with Gasteiger partial charge in [-0.15, -0.1) is 0 Å². The number of ketones is 1. The van der Waals surface area contributed by atoms with Gasteiger partial charge in [-0.2, -0.15) is 0 Å². The quantitative estimate of drug-likeness (QED) is 0.468. The molecule has 0 aliphatic carbocycles. The predicted octanol–water partition coefficient (Wildman–Crippen LogP) is 3.16. The van der Waals surface area contributed by atoms with Crippen LogP contribution in [0.5, 0.6) is 0 Å². The normalized spacial score (nSPS) is 11.7. The van der Waals surface area contributed by atoms with E-state index in [0.717, 1.165) is 0 Å². The van der Waals surface area contributed by atoms with Crippen molar-refractivity contribution in [2.45, 2.75) is 6.23 Å². The highest BCUT2D eigenvalue weighted by molar-refractivity contribution is 6.30. The van der Waals surface area contributed by atoms with Gasteiger partial charge >= 0.3 is 0 Å². The van der Waals surface area contributed by atoms with Crippen molar-refractivity contribution in [2.75, 3.05) is 12.0 Å². The molecule has 4 nitrogen and oxygen atoms in total. The lowest BCUT2D eigenvalue weighted by molar-refractivity contribution is -0.109. The number of halogens is 1. The Labute approximate surface area is 127 Å². The fourth-order valence-corrected chi connectivity index (χ4v) is 2.08. The molecule has 0 N–H and O–H groups in total. The highest BCUT2D eigenvalue weighted by Gasteiger charge is 2.26. The Morgan fingerprint density at radius 3 is 2.29 bits per heavy atom. The molecule has 5 heteroatoms. The number of rotatable bonds is 6. The van der Waals surface area contributed by atoms with Gasteiger partial charge < -0.3 is 4.74 Å². The van der Waals surface area contributed by atoms with Gasteiger partial charge in [-0.25, -0.2) is 0 Å². The van der Waals surface area contributed by atoms with Crippen molar-refractivity contribution in [3.05, 3.63) is 65.2 Å². The number of hydrogen-bond donors (Lipinski definition) is 0. The van der Waals surface area contributed by atoms with Crippen molar-refractivity contribution in [1.29, 1.82) is 0 Å². The molecular formula is C16H14ClNO3. The van der Waals surface area contributed by atoms with E-state index in [1.54, 1.807) is 48.5 Å². The number of methoxy groups -OCH3 is 1. The van der Waals surface area contributed by atoms with Crippen molar-refractivity contribution >= 4 is 29.5 Å². The lowest BCUT2D eigenvalue weighted by atomic mass is 10.1. The second kappa shape index (κ2) is 7.02. The lowest BCUT2D eigenvalue weighted by Gasteiger charge is -2.25. The minimum absolute atomic E-state index is 0.315. The van der Waals surface area contributed by atoms with Crippen LogP contribution in [0.4, 0.5) is 5.69 Å². The molecule has 108 valence electrons. The predicted molar refractivity (Wildman–Crippen MR) is 81.6 cm³/mol. The van der Waals surface area contributed by atoms with Gasteiger partial charge in [0.05, 0.1) is 0 Å². The highest BCUT2D eigenvalue weighted by Crippen LogP contribution is 2.19. The van der Waals surface area contributed by atoms with Gasteiger partial charge in [-0.05, 0) is 36.4 Å². The molecule has 2 aromatic rings. The number of carbonyl (C=O) groups is 2. The lowest BCUT2D eigenvalue weighted by Crippen LogP contribution is -2.42. The summed E-state index contributed by atoms with van der Waals surface area (Å²) in [7, 11) is 1.39. The molecule has 1 atom stereocenters. The molecule has 0 aliphatic heterocycles. The van der Waals surface area contributed by atoms with Crippen molar-refractivity contribution < 1.29 is 14.3 Å². The zero-order valence-corrected chi connectivity index (χ0v) is 12.2. The highest BCUT2D eigenvalue weighted by atomic mass is 35.5. The van der Waals surface area contributed by atoms with E-state index in [0.29, 0.717) is 22.7 Å². The van der Waals surface area contributed by atoms with E-state index in [4.69, 9.17) is 16.3 Å². The van der Waals surface area contributed by atoms with Gasteiger partial charge in [0, 0.05) is 23.4 Å². The van der Waals surface area contributed by atoms with Crippen molar-refractivity contribution in [3.63, 3.8) is 0 Å². The molecule has 2 aromatic carbocycles. The average molecular weight is 304 g/mol. The Morgan fingerprint density at radius 1 is 1.14 bits per heavy atom. The molecule has 0 fully saturated rings. The molecule has 0 saturated heterocycles. The number of hydrogen-bond acceptors (Lipinski definition) is 3. The van der Waals surface area contributed by atoms with Crippen LogP contribution in [0.2, 0.25) is 5.02 Å². The molecule has 0 bridgehead atoms. The Morgan fingerprint density at radius 2 is 1.76 bits per heavy atom. The number of Topliss-reactive ketones (excluding diaryl/α,β-unsaturated/α-hetero) is 1. The van der Waals surface area contributed by atoms with Gasteiger partial charge in [0.25, 0.3) is 0 Å². The van der Waals surface area contributed by atoms with Crippen LogP contribution in [-0.2, 0) is 9.53 Å². The van der Waals surface area contributed by atoms with Crippen LogP contribution >= 0.6 is 11.6 Å². The van der Waals surface area contributed by atoms with Crippen LogP contribution in [-0.4, -0.2) is 25.5 Å². The minimum atomic E-state index is -1.02. The minimum Gasteiger partial charge on any atom is -0.354 e. The van der Waals surface area contributed by atoms with E-state index >= 15 is 0 Å². The monoisotopic (exact) mass is 303 g/mol. The van der Waals surface area contributed by atoms with Crippen LogP contribution in [0.15, 0.2) is 54.6 Å². The van der Waals surface area contributed by atoms with Crippen LogP contribution < -0.4 is 4.90 Å². The fourth-order valence-electron chi connectivity index (χ4n) is 1.96. The van der Waals surface area contributed by atoms with Gasteiger partial charge in [0.2, 0.25) is 12.2 Å². The molecule has 0 aliphatic rings. The first-order chi connectivity index (χ1) is 10.2. The van der Waals surface area contributed by atoms with E-state index in [1.807, 2.05) is 6.07 Å². The van der Waals surface area contributed by atoms with E-state index in [9.17, 15) is 9.59 Å². The first kappa shape index (κ1) is 15.2. The first-order valence-corrected chi connectivity index (χ1v) is 6.66. The Hall–Kier alpha value is -2.17. The average Bonchev–Trinajstić information content (AvgIpc) is 2.53. The summed E-state index contributed by atoms with van der Waals surface area (Å²) in [5.41, 5.74) is 1.01. The maximum atomic E-state index is 12.5. The largest absolute Gasteiger partial charge is 0.354 e. The molecule has 0 heterocycles. The summed E-state index contributed by atoms with van der Waals surface area (Å²) in [6.07, 6.45) is -0.441. The summed E-state index contributed by atoms with van der Waals surface area (Å²) in [5, 5.41) is 0.538. The standard InChI is InChI=1S/C16H14ClNO3/c1-21-16(15(20)12-7-9-13(17)10-8-12)18(11-19)14-5-3-2-4-6-14/h2-11,16H,1H3. The zero-order valence-electron chi connectivity index (χ0n) is 11.4. The third-order valence-electron chi connectivity index (χ3n) is 3.00. The number of carbonyl (C=O) groups excluding carboxylic acids is 2. The molecule has 0 aromatic heterocycles. The number of anilines is 1. The van der Waals surface area contributed by atoms with Gasteiger partial charge in [-0.1, -0.05) is 29.8 Å². The molecule has 21 heavy (non-hydrogen) atoms. The summed E-state index contributed by atoms with van der Waals surface area (Å²) in [6, 6.07) is 15.3. The molecule has 0 spiro atoms. The summed E-state index contributed by atoms with van der Waals surface area (Å²) in [5.74, 6) is -0.315. The molecular weight excluding hydrogens is 290 g/mol. The van der Waals surface area contributed by atoms with Crippen LogP contribution in [0.25, 0.3) is 0 Å². The third kappa shape index (κ3) is 3.48. The van der Waals surface area contributed by atoms with E-state index in [1.165, 1.54) is 12.0 Å². The second-order valence-electron chi connectivity index (χ2n) is 4.31. The van der Waals surface area contributed by atoms with Crippen molar-refractivity contribution in [2.24, 2.45) is 0 Å².